The number of carboxylic acid groups (broad SMARTS) is 1. The molecule has 0 aliphatic heterocycles. The van der Waals surface area contributed by atoms with Crippen LogP contribution in [0, 0.1) is 29.1 Å². The van der Waals surface area contributed by atoms with Crippen LogP contribution in [0.25, 0.3) is 0 Å². The lowest BCUT2D eigenvalue weighted by Crippen LogP contribution is -2.44. The van der Waals surface area contributed by atoms with Crippen molar-refractivity contribution in [1.29, 1.82) is 0 Å². The van der Waals surface area contributed by atoms with Gasteiger partial charge in [-0.15, -0.1) is 0 Å². The third-order valence-electron chi connectivity index (χ3n) is 4.26. The molecule has 15 heteroatoms. The Hall–Kier alpha value is -4.56. The van der Waals surface area contributed by atoms with E-state index in [1.54, 1.807) is 6.92 Å². The summed E-state index contributed by atoms with van der Waals surface area (Å²) in [6.45, 7) is 0.503. The van der Waals surface area contributed by atoms with Crippen molar-refractivity contribution >= 4 is 35.7 Å². The van der Waals surface area contributed by atoms with Crippen molar-refractivity contribution in [1.82, 2.24) is 10.6 Å². The number of hydrogen-bond acceptors (Lipinski definition) is 6. The van der Waals surface area contributed by atoms with E-state index >= 15 is 0 Å². The van der Waals surface area contributed by atoms with Crippen LogP contribution in [0.5, 0.6) is 5.75 Å². The summed E-state index contributed by atoms with van der Waals surface area (Å²) in [4.78, 5) is 55.0. The fraction of sp³-hybridized carbons (Fsp3) is 0.261. The van der Waals surface area contributed by atoms with E-state index in [2.05, 4.69) is 20.7 Å². The molecule has 0 heterocycles. The first-order chi connectivity index (χ1) is 17.8. The van der Waals surface area contributed by atoms with Crippen LogP contribution in [0.15, 0.2) is 30.3 Å². The molecule has 2 aromatic carbocycles. The van der Waals surface area contributed by atoms with Crippen molar-refractivity contribution in [3.63, 3.8) is 0 Å². The van der Waals surface area contributed by atoms with Gasteiger partial charge in [0.25, 0.3) is 0 Å². The van der Waals surface area contributed by atoms with Crippen LogP contribution in [0.4, 0.5) is 27.6 Å². The average Bonchev–Trinajstić information content (AvgIpc) is 2.85. The molecule has 206 valence electrons. The molecule has 0 spiro atoms. The number of amides is 3. The smallest absolute Gasteiger partial charge is 0.313 e. The number of carbonyl (C=O) groups excluding carboxylic acids is 4. The van der Waals surface area contributed by atoms with Crippen molar-refractivity contribution in [3.05, 3.63) is 59.4 Å². The minimum atomic E-state index is -1.66. The van der Waals surface area contributed by atoms with Crippen molar-refractivity contribution in [2.45, 2.75) is 25.8 Å². The molecule has 0 bridgehead atoms. The Morgan fingerprint density at radius 2 is 1.63 bits per heavy atom. The van der Waals surface area contributed by atoms with Crippen LogP contribution in [0.3, 0.4) is 0 Å². The molecule has 10 nitrogen and oxygen atoms in total. The van der Waals surface area contributed by atoms with E-state index in [0.717, 1.165) is 6.07 Å². The van der Waals surface area contributed by atoms with Gasteiger partial charge < -0.3 is 25.8 Å². The van der Waals surface area contributed by atoms with Crippen molar-refractivity contribution in [2.75, 3.05) is 18.5 Å². The van der Waals surface area contributed by atoms with Gasteiger partial charge in [-0.2, -0.15) is 8.78 Å². The molecule has 0 radical (unpaired) electrons. The summed E-state index contributed by atoms with van der Waals surface area (Å²) in [6.07, 6.45) is 0.348. The number of hydrogen-bond donors (Lipinski definition) is 4. The molecule has 0 fully saturated rings. The zero-order valence-corrected chi connectivity index (χ0v) is 19.7. The summed E-state index contributed by atoms with van der Waals surface area (Å²) in [5.74, 6) is -11.9. The third kappa shape index (κ3) is 11.0. The van der Waals surface area contributed by atoms with Gasteiger partial charge in [-0.25, -0.2) is 13.2 Å². The normalized spacial score (nSPS) is 10.8. The van der Waals surface area contributed by atoms with Gasteiger partial charge in [0.05, 0.1) is 6.54 Å². The van der Waals surface area contributed by atoms with Gasteiger partial charge in [-0.3, -0.25) is 24.0 Å². The second-order valence-corrected chi connectivity index (χ2v) is 7.32. The first-order valence-electron chi connectivity index (χ1n) is 10.6. The van der Waals surface area contributed by atoms with Crippen LogP contribution in [-0.4, -0.2) is 54.3 Å². The molecular formula is C23H22F5N3O7. The topological polar surface area (TPSA) is 151 Å². The molecule has 0 saturated carbocycles. The number of carboxylic acids is 1. The highest BCUT2D eigenvalue weighted by atomic mass is 19.2. The zero-order valence-electron chi connectivity index (χ0n) is 19.7. The monoisotopic (exact) mass is 547 g/mol. The predicted octanol–water partition coefficient (Wildman–Crippen LogP) is 2.07. The molecule has 4 N–H and O–H groups in total. The molecule has 0 aromatic heterocycles. The van der Waals surface area contributed by atoms with Crippen molar-refractivity contribution in [3.8, 4) is 5.75 Å². The lowest BCUT2D eigenvalue weighted by Gasteiger charge is -2.13. The minimum Gasteiger partial charge on any atom is -0.481 e. The Morgan fingerprint density at radius 3 is 2.18 bits per heavy atom. The van der Waals surface area contributed by atoms with E-state index in [0.29, 0.717) is 0 Å². The third-order valence-corrected chi connectivity index (χ3v) is 4.26. The number of nitrogens with one attached hydrogen (secondary N) is 3. The molecule has 0 aliphatic carbocycles. The number of halogens is 5. The number of aliphatic carboxylic acids is 1. The lowest BCUT2D eigenvalue weighted by molar-refractivity contribution is -0.137. The van der Waals surface area contributed by atoms with Crippen LogP contribution in [0.1, 0.15) is 19.8 Å². The van der Waals surface area contributed by atoms with E-state index in [1.165, 1.54) is 18.2 Å². The maximum absolute atomic E-state index is 13.0. The van der Waals surface area contributed by atoms with E-state index in [4.69, 9.17) is 5.11 Å². The molecule has 3 amide bonds. The van der Waals surface area contributed by atoms with Gasteiger partial charge in [0.1, 0.15) is 12.4 Å². The number of benzene rings is 2. The predicted molar refractivity (Wildman–Crippen MR) is 120 cm³/mol. The lowest BCUT2D eigenvalue weighted by atomic mass is 10.2. The summed E-state index contributed by atoms with van der Waals surface area (Å²) in [7, 11) is 0. The molecule has 1 unspecified atom stereocenters. The Morgan fingerprint density at radius 1 is 1.00 bits per heavy atom. The van der Waals surface area contributed by atoms with E-state index in [-0.39, 0.29) is 36.9 Å². The van der Waals surface area contributed by atoms with E-state index in [9.17, 15) is 45.9 Å². The van der Waals surface area contributed by atoms with E-state index in [1.807, 2.05) is 0 Å². The number of aldehydes is 1. The van der Waals surface area contributed by atoms with Crippen LogP contribution >= 0.6 is 0 Å². The highest BCUT2D eigenvalue weighted by Crippen LogP contribution is 2.26. The highest BCUT2D eigenvalue weighted by molar-refractivity contribution is 6.39. The molecule has 0 saturated heterocycles. The van der Waals surface area contributed by atoms with E-state index < -0.39 is 71.7 Å². The molecule has 1 atom stereocenters. The second-order valence-electron chi connectivity index (χ2n) is 7.32. The quantitative estimate of drug-likeness (QED) is 0.154. The number of ether oxygens (including phenoxy) is 1. The Labute approximate surface area is 212 Å². The van der Waals surface area contributed by atoms with Crippen LogP contribution < -0.4 is 20.7 Å². The molecule has 2 aromatic rings. The van der Waals surface area contributed by atoms with Gasteiger partial charge in [0, 0.05) is 24.2 Å². The van der Waals surface area contributed by atoms with Crippen LogP contribution in [0.2, 0.25) is 0 Å². The summed E-state index contributed by atoms with van der Waals surface area (Å²) in [5.41, 5.74) is 0.113. The zero-order chi connectivity index (χ0) is 28.8. The number of carbonyl (C=O) groups is 5. The van der Waals surface area contributed by atoms with Gasteiger partial charge in [0.15, 0.2) is 23.7 Å². The number of anilines is 1. The molecule has 0 aliphatic rings. The average molecular weight is 547 g/mol. The maximum Gasteiger partial charge on any atom is 0.313 e. The Kier molecular flexibility index (Phi) is 12.9. The summed E-state index contributed by atoms with van der Waals surface area (Å²) in [5, 5.41) is 15.3. The standard InChI is InChI=1S/C15H18FN3O5.C8H4F4O2/c1-9(5-6-13(21)22)18-12(20)8-17-14(23)15(24)19-11-4-2-3-10(16)7-11;9-4-3-5(10)7(12)8(6(4)11)14-2-1-13/h2-4,7,9H,5-6,8H2,1H3,(H,17,23)(H,18,20)(H,19,24)(H,21,22);1,3H,2H2. The van der Waals surface area contributed by atoms with Gasteiger partial charge in [-0.1, -0.05) is 6.07 Å². The Bertz CT molecular complexity index is 1150. The molecule has 38 heavy (non-hydrogen) atoms. The first-order valence-corrected chi connectivity index (χ1v) is 10.6. The first kappa shape index (κ1) is 31.5. The largest absolute Gasteiger partial charge is 0.481 e. The minimum absolute atomic E-state index is 0.0540. The van der Waals surface area contributed by atoms with Crippen molar-refractivity contribution < 1.29 is 55.8 Å². The van der Waals surface area contributed by atoms with Gasteiger partial charge >= 0.3 is 17.8 Å². The summed E-state index contributed by atoms with van der Waals surface area (Å²) < 4.78 is 67.6. The van der Waals surface area contributed by atoms with Crippen molar-refractivity contribution in [2.24, 2.45) is 0 Å². The SMILES string of the molecule is CC(CCC(=O)O)NC(=O)CNC(=O)C(=O)Nc1cccc(F)c1.O=CCOc1c(F)c(F)cc(F)c1F. The van der Waals surface area contributed by atoms with Gasteiger partial charge in [0.2, 0.25) is 17.5 Å². The maximum atomic E-state index is 13.0. The second kappa shape index (κ2) is 15.5. The number of rotatable bonds is 10. The fourth-order valence-corrected chi connectivity index (χ4v) is 2.53. The van der Waals surface area contributed by atoms with Gasteiger partial charge in [-0.05, 0) is 31.5 Å². The Balaban J connectivity index is 0.000000437. The molecular weight excluding hydrogens is 525 g/mol. The van der Waals surface area contributed by atoms with Crippen LogP contribution in [-0.2, 0) is 24.0 Å². The highest BCUT2D eigenvalue weighted by Gasteiger charge is 2.20. The summed E-state index contributed by atoms with van der Waals surface area (Å²) in [6, 6.07) is 4.68. The fourth-order valence-electron chi connectivity index (χ4n) is 2.53. The summed E-state index contributed by atoms with van der Waals surface area (Å²) >= 11 is 0. The molecule has 2 rings (SSSR count).